The molecule has 0 bridgehead atoms. The zero-order valence-electron chi connectivity index (χ0n) is 21.4. The van der Waals surface area contributed by atoms with Crippen molar-refractivity contribution in [2.24, 2.45) is 0 Å². The van der Waals surface area contributed by atoms with Crippen molar-refractivity contribution in [3.05, 3.63) is 142 Å². The topological polar surface area (TPSA) is 0 Å². The van der Waals surface area contributed by atoms with E-state index in [4.69, 9.17) is 0 Å². The van der Waals surface area contributed by atoms with Crippen LogP contribution in [-0.2, 0) is 29.2 Å². The number of halogens is 2. The molecule has 0 fully saturated rings. The van der Waals surface area contributed by atoms with Gasteiger partial charge in [0.2, 0.25) is 0 Å². The van der Waals surface area contributed by atoms with Gasteiger partial charge in [0.15, 0.2) is 0 Å². The van der Waals surface area contributed by atoms with Gasteiger partial charge in [-0.05, 0) is 0 Å². The van der Waals surface area contributed by atoms with Crippen LogP contribution in [0.4, 0.5) is 0 Å². The smallest absolute Gasteiger partial charge is 1.00 e. The van der Waals surface area contributed by atoms with Crippen LogP contribution in [0.15, 0.2) is 97.1 Å². The minimum Gasteiger partial charge on any atom is -1.00 e. The van der Waals surface area contributed by atoms with Crippen molar-refractivity contribution < 1.29 is 47.6 Å². The van der Waals surface area contributed by atoms with Crippen LogP contribution in [0.25, 0.3) is 16.7 Å². The number of fused-ring (bicyclic) bond motifs is 3. The van der Waals surface area contributed by atoms with E-state index in [1.165, 1.54) is 50.1 Å². The monoisotopic (exact) mass is 597 g/mol. The minimum atomic E-state index is -1.18. The molecule has 6 rings (SSSR count). The summed E-state index contributed by atoms with van der Waals surface area (Å²) in [6, 6.07) is 29.1. The molecule has 0 amide bonds. The molecule has 183 valence electrons. The second-order valence-electron chi connectivity index (χ2n) is 9.70. The third-order valence-corrected chi connectivity index (χ3v) is 11.6. The standard InChI is InChI=1S/C21H19.C13H10.2ClH.Zr/c1-13-7-6-10-17-11-18-12-19(16-8-4-5-9-16)14(2)15(3)21(18)20(13)17;1-3-7-12(8-4-1)11-13-9-5-2-6-10-13;;;/h4-8,10H,9,11H2,1-3H3;1-10H;2*1H;/q;;;;+2/p-2. The molecule has 37 heavy (non-hydrogen) atoms. The number of hydrogen-bond acceptors (Lipinski definition) is 0. The van der Waals surface area contributed by atoms with Gasteiger partial charge >= 0.3 is 221 Å². The van der Waals surface area contributed by atoms with Crippen molar-refractivity contribution in [3.63, 3.8) is 0 Å². The molecule has 0 N–H and O–H groups in total. The van der Waals surface area contributed by atoms with Gasteiger partial charge in [0.25, 0.3) is 0 Å². The Balaban J connectivity index is 0.00000160. The maximum absolute atomic E-state index is 2.37. The van der Waals surface area contributed by atoms with E-state index in [0.717, 1.165) is 12.8 Å². The fraction of sp³-hybridized carbons (Fsp3) is 0.147. The van der Waals surface area contributed by atoms with Crippen molar-refractivity contribution in [1.82, 2.24) is 0 Å². The molecule has 3 heteroatoms. The van der Waals surface area contributed by atoms with Crippen LogP contribution in [0.5, 0.6) is 0 Å². The molecule has 4 aromatic carbocycles. The fourth-order valence-corrected chi connectivity index (χ4v) is 10.0. The number of rotatable bonds is 4. The molecule has 0 spiro atoms. The third-order valence-electron chi connectivity index (χ3n) is 7.61. The van der Waals surface area contributed by atoms with Gasteiger partial charge < -0.3 is 24.8 Å². The van der Waals surface area contributed by atoms with Crippen LogP contribution in [0.1, 0.15) is 50.9 Å². The molecule has 2 aliphatic rings. The van der Waals surface area contributed by atoms with Crippen LogP contribution >= 0.6 is 0 Å². The predicted molar refractivity (Wildman–Crippen MR) is 146 cm³/mol. The number of benzene rings is 4. The summed E-state index contributed by atoms with van der Waals surface area (Å²) in [6.07, 6.45) is 9.01. The normalized spacial score (nSPS) is 12.6. The summed E-state index contributed by atoms with van der Waals surface area (Å²) >= 11 is -1.18. The molecule has 4 aromatic rings. The Morgan fingerprint density at radius 1 is 0.676 bits per heavy atom. The molecule has 0 aliphatic heterocycles. The predicted octanol–water partition coefficient (Wildman–Crippen LogP) is 1.51. The first kappa shape index (κ1) is 27.7. The summed E-state index contributed by atoms with van der Waals surface area (Å²) in [5, 5.41) is 0. The second kappa shape index (κ2) is 11.6. The number of aryl methyl sites for hydroxylation is 1. The third kappa shape index (κ3) is 4.95. The van der Waals surface area contributed by atoms with E-state index in [1.54, 1.807) is 17.6 Å². The van der Waals surface area contributed by atoms with E-state index in [-0.39, 0.29) is 24.8 Å². The molecule has 0 atom stereocenters. The summed E-state index contributed by atoms with van der Waals surface area (Å²) in [7, 11) is 0. The van der Waals surface area contributed by atoms with Crippen molar-refractivity contribution in [2.45, 2.75) is 33.6 Å². The molecular formula is C34H29Cl2Zr. The molecular weight excluding hydrogens is 571 g/mol. The zero-order valence-corrected chi connectivity index (χ0v) is 25.4. The summed E-state index contributed by atoms with van der Waals surface area (Å²) in [4.78, 5) is 0. The Kier molecular flexibility index (Phi) is 8.70. The van der Waals surface area contributed by atoms with E-state index in [1.807, 2.05) is 0 Å². The van der Waals surface area contributed by atoms with Crippen molar-refractivity contribution in [1.29, 1.82) is 0 Å². The van der Waals surface area contributed by atoms with Crippen LogP contribution in [0.3, 0.4) is 0 Å². The van der Waals surface area contributed by atoms with E-state index in [9.17, 15) is 0 Å². The fourth-order valence-electron chi connectivity index (χ4n) is 5.82. The quantitative estimate of drug-likeness (QED) is 0.294. The largest absolute Gasteiger partial charge is 1.00 e. The summed E-state index contributed by atoms with van der Waals surface area (Å²) in [5.74, 6) is 0. The zero-order chi connectivity index (χ0) is 23.9. The van der Waals surface area contributed by atoms with Gasteiger partial charge in [-0.1, -0.05) is 0 Å². The first-order valence-corrected chi connectivity index (χ1v) is 14.9. The molecule has 0 saturated heterocycles. The first-order chi connectivity index (χ1) is 17.1. The van der Waals surface area contributed by atoms with E-state index in [0.29, 0.717) is 0 Å². The van der Waals surface area contributed by atoms with E-state index in [2.05, 4.69) is 118 Å². The van der Waals surface area contributed by atoms with Crippen LogP contribution < -0.4 is 28.1 Å². The Hall–Kier alpha value is -2.31. The Labute approximate surface area is 244 Å². The maximum atomic E-state index is 2.37. The molecule has 0 nitrogen and oxygen atoms in total. The maximum Gasteiger partial charge on any atom is -1.00 e. The van der Waals surface area contributed by atoms with Gasteiger partial charge in [-0.25, -0.2) is 0 Å². The van der Waals surface area contributed by atoms with Gasteiger partial charge in [0.1, 0.15) is 0 Å². The van der Waals surface area contributed by atoms with Gasteiger partial charge in [0.05, 0.1) is 0 Å². The second-order valence-corrected chi connectivity index (χ2v) is 12.8. The molecule has 0 unspecified atom stereocenters. The first-order valence-electron chi connectivity index (χ1n) is 12.5. The van der Waals surface area contributed by atoms with Crippen molar-refractivity contribution in [2.75, 3.05) is 0 Å². The number of allylic oxidation sites excluding steroid dienone is 4. The minimum absolute atomic E-state index is 0. The Bertz CT molecular complexity index is 1500. The average Bonchev–Trinajstić information content (AvgIpc) is 3.55. The van der Waals surface area contributed by atoms with E-state index >= 15 is 0 Å². The number of hydrogen-bond donors (Lipinski definition) is 0. The molecule has 0 saturated carbocycles. The van der Waals surface area contributed by atoms with Crippen LogP contribution in [-0.4, -0.2) is 3.21 Å². The average molecular weight is 600 g/mol. The van der Waals surface area contributed by atoms with Gasteiger partial charge in [-0.3, -0.25) is 0 Å². The molecule has 2 aliphatic carbocycles. The van der Waals surface area contributed by atoms with E-state index < -0.39 is 22.8 Å². The van der Waals surface area contributed by atoms with Gasteiger partial charge in [-0.15, -0.1) is 0 Å². The Morgan fingerprint density at radius 3 is 1.89 bits per heavy atom. The summed E-state index contributed by atoms with van der Waals surface area (Å²) in [5.41, 5.74) is 16.3. The van der Waals surface area contributed by atoms with Crippen molar-refractivity contribution >= 4 is 12.1 Å². The SMILES string of the molecule is Cc1cccc2c1-c1c(C)c(C)c(C3=CC=CC3)[c]([Zr+2]=[C](c3ccccc3)c3ccccc3)c1C2.[Cl-].[Cl-]. The Morgan fingerprint density at radius 2 is 1.30 bits per heavy atom. The summed E-state index contributed by atoms with van der Waals surface area (Å²) < 4.78 is 3.25. The van der Waals surface area contributed by atoms with Crippen LogP contribution in [0.2, 0.25) is 0 Å². The van der Waals surface area contributed by atoms with Crippen LogP contribution in [0, 0.1) is 20.8 Å². The molecule has 0 heterocycles. The van der Waals surface area contributed by atoms with Gasteiger partial charge in [-0.2, -0.15) is 0 Å². The summed E-state index contributed by atoms with van der Waals surface area (Å²) in [6.45, 7) is 7.01. The van der Waals surface area contributed by atoms with Crippen molar-refractivity contribution in [3.8, 4) is 11.1 Å². The molecule has 0 radical (unpaired) electrons. The molecule has 0 aromatic heterocycles. The van der Waals surface area contributed by atoms with Gasteiger partial charge in [0, 0.05) is 0 Å².